The average molecular weight is 309 g/mol. The lowest BCUT2D eigenvalue weighted by molar-refractivity contribution is 0.277. The summed E-state index contributed by atoms with van der Waals surface area (Å²) < 4.78 is 26.4. The topological polar surface area (TPSA) is 86.3 Å². The van der Waals surface area contributed by atoms with Gasteiger partial charge in [-0.25, -0.2) is 8.42 Å². The molecule has 7 heteroatoms. The molecular weight excluding hydrogens is 290 g/mol. The van der Waals surface area contributed by atoms with Crippen molar-refractivity contribution in [2.24, 2.45) is 0 Å². The molecule has 21 heavy (non-hydrogen) atoms. The normalized spacial score (nSPS) is 12.0. The van der Waals surface area contributed by atoms with E-state index in [2.05, 4.69) is 10.2 Å². The summed E-state index contributed by atoms with van der Waals surface area (Å²) in [6.45, 7) is 3.51. The maximum atomic E-state index is 12.6. The summed E-state index contributed by atoms with van der Waals surface area (Å²) in [6.07, 6.45) is 0. The predicted molar refractivity (Wildman–Crippen MR) is 79.1 cm³/mol. The molecule has 0 bridgehead atoms. The number of benzene rings is 1. The van der Waals surface area contributed by atoms with E-state index in [0.29, 0.717) is 11.3 Å². The average Bonchev–Trinajstić information content (AvgIpc) is 2.82. The summed E-state index contributed by atoms with van der Waals surface area (Å²) in [5, 5.41) is 15.6. The highest BCUT2D eigenvalue weighted by atomic mass is 32.2. The van der Waals surface area contributed by atoms with Gasteiger partial charge in [-0.05, 0) is 25.0 Å². The molecule has 0 aliphatic carbocycles. The molecule has 0 amide bonds. The Morgan fingerprint density at radius 2 is 1.95 bits per heavy atom. The third kappa shape index (κ3) is 2.99. The van der Waals surface area contributed by atoms with Crippen molar-refractivity contribution in [3.63, 3.8) is 0 Å². The Balaban J connectivity index is 2.33. The van der Waals surface area contributed by atoms with Crippen LogP contribution in [-0.4, -0.2) is 35.1 Å². The highest BCUT2D eigenvalue weighted by Crippen LogP contribution is 2.21. The van der Waals surface area contributed by atoms with Crippen molar-refractivity contribution in [1.82, 2.24) is 14.5 Å². The molecule has 114 valence electrons. The molecule has 0 spiro atoms. The molecule has 2 N–H and O–H groups in total. The fraction of sp³-hybridized carbons (Fsp3) is 0.357. The Morgan fingerprint density at radius 1 is 1.29 bits per heavy atom. The molecule has 1 heterocycles. The monoisotopic (exact) mass is 309 g/mol. The number of H-pyrrole nitrogens is 1. The van der Waals surface area contributed by atoms with Crippen molar-refractivity contribution in [2.75, 3.05) is 7.05 Å². The molecule has 0 fully saturated rings. The van der Waals surface area contributed by atoms with Gasteiger partial charge in [0.1, 0.15) is 0 Å². The van der Waals surface area contributed by atoms with Gasteiger partial charge in [0.05, 0.1) is 6.61 Å². The van der Waals surface area contributed by atoms with Gasteiger partial charge in [0, 0.05) is 24.8 Å². The molecule has 0 aliphatic rings. The second-order valence-corrected chi connectivity index (χ2v) is 6.94. The number of hydrogen-bond donors (Lipinski definition) is 2. The Bertz CT molecular complexity index is 738. The van der Waals surface area contributed by atoms with Gasteiger partial charge in [0.2, 0.25) is 0 Å². The lowest BCUT2D eigenvalue weighted by atomic mass is 10.1. The zero-order valence-electron chi connectivity index (χ0n) is 12.3. The quantitative estimate of drug-likeness (QED) is 0.872. The summed E-state index contributed by atoms with van der Waals surface area (Å²) in [7, 11) is -2.24. The van der Waals surface area contributed by atoms with Crippen molar-refractivity contribution in [1.29, 1.82) is 0 Å². The van der Waals surface area contributed by atoms with E-state index in [0.717, 1.165) is 11.1 Å². The molecule has 0 unspecified atom stereocenters. The van der Waals surface area contributed by atoms with E-state index >= 15 is 0 Å². The van der Waals surface area contributed by atoms with Crippen LogP contribution in [0.25, 0.3) is 0 Å². The van der Waals surface area contributed by atoms with Crippen molar-refractivity contribution in [3.05, 3.63) is 46.6 Å². The van der Waals surface area contributed by atoms with Crippen molar-refractivity contribution in [3.8, 4) is 0 Å². The van der Waals surface area contributed by atoms with Crippen LogP contribution in [-0.2, 0) is 23.2 Å². The predicted octanol–water partition coefficient (Wildman–Crippen LogP) is 1.34. The minimum absolute atomic E-state index is 0.112. The smallest absolute Gasteiger partial charge is 0.262 e. The van der Waals surface area contributed by atoms with E-state index in [1.165, 1.54) is 11.4 Å². The van der Waals surface area contributed by atoms with Gasteiger partial charge in [-0.15, -0.1) is 0 Å². The minimum atomic E-state index is -3.74. The Labute approximate surface area is 124 Å². The summed E-state index contributed by atoms with van der Waals surface area (Å²) in [5.41, 5.74) is 2.83. The van der Waals surface area contributed by atoms with Crippen LogP contribution in [0.1, 0.15) is 22.4 Å². The fourth-order valence-electron chi connectivity index (χ4n) is 2.09. The fourth-order valence-corrected chi connectivity index (χ4v) is 3.38. The number of aliphatic hydroxyl groups excluding tert-OH is 1. The van der Waals surface area contributed by atoms with Gasteiger partial charge in [0.15, 0.2) is 5.03 Å². The summed E-state index contributed by atoms with van der Waals surface area (Å²) in [4.78, 5) is 0. The zero-order chi connectivity index (χ0) is 15.6. The van der Waals surface area contributed by atoms with E-state index in [9.17, 15) is 13.5 Å². The number of aromatic amines is 1. The standard InChI is InChI=1S/C14H19N3O3S/c1-10-6-4-5-7-12(10)8-17(3)21(19,20)14-13(9-18)11(2)15-16-14/h4-7,18H,8-9H2,1-3H3,(H,15,16). The van der Waals surface area contributed by atoms with E-state index in [1.807, 2.05) is 31.2 Å². The van der Waals surface area contributed by atoms with Crippen molar-refractivity contribution in [2.45, 2.75) is 32.0 Å². The number of nitrogens with zero attached hydrogens (tertiary/aromatic N) is 2. The third-order valence-corrected chi connectivity index (χ3v) is 5.28. The van der Waals surface area contributed by atoms with Crippen LogP contribution in [0, 0.1) is 13.8 Å². The lowest BCUT2D eigenvalue weighted by Crippen LogP contribution is -2.28. The Kier molecular flexibility index (Phi) is 4.46. The summed E-state index contributed by atoms with van der Waals surface area (Å²) in [6, 6.07) is 7.62. The number of aromatic nitrogens is 2. The number of aryl methyl sites for hydroxylation is 2. The number of nitrogens with one attached hydrogen (secondary N) is 1. The first-order valence-corrected chi connectivity index (χ1v) is 7.97. The molecule has 0 saturated heterocycles. The minimum Gasteiger partial charge on any atom is -0.392 e. The van der Waals surface area contributed by atoms with Crippen LogP contribution in [0.3, 0.4) is 0 Å². The van der Waals surface area contributed by atoms with Crippen LogP contribution >= 0.6 is 0 Å². The number of hydrogen-bond acceptors (Lipinski definition) is 4. The molecule has 6 nitrogen and oxygen atoms in total. The molecule has 0 saturated carbocycles. The first kappa shape index (κ1) is 15.7. The second kappa shape index (κ2) is 5.97. The van der Waals surface area contributed by atoms with Gasteiger partial charge in [0.25, 0.3) is 10.0 Å². The molecule has 2 rings (SSSR count). The van der Waals surface area contributed by atoms with Crippen LogP contribution < -0.4 is 0 Å². The van der Waals surface area contributed by atoms with Crippen LogP contribution in [0.2, 0.25) is 0 Å². The van der Waals surface area contributed by atoms with Crippen molar-refractivity contribution >= 4 is 10.0 Å². The van der Waals surface area contributed by atoms with Gasteiger partial charge in [-0.2, -0.15) is 9.40 Å². The summed E-state index contributed by atoms with van der Waals surface area (Å²) in [5.74, 6) is 0. The van der Waals surface area contributed by atoms with Gasteiger partial charge >= 0.3 is 0 Å². The first-order chi connectivity index (χ1) is 9.87. The summed E-state index contributed by atoms with van der Waals surface area (Å²) >= 11 is 0. The van der Waals surface area contributed by atoms with E-state index < -0.39 is 10.0 Å². The number of aliphatic hydroxyl groups is 1. The molecular formula is C14H19N3O3S. The van der Waals surface area contributed by atoms with Gasteiger partial charge < -0.3 is 5.11 Å². The van der Waals surface area contributed by atoms with Gasteiger partial charge in [-0.1, -0.05) is 24.3 Å². The maximum Gasteiger partial charge on any atom is 0.262 e. The molecule has 0 atom stereocenters. The van der Waals surface area contributed by atoms with Gasteiger partial charge in [-0.3, -0.25) is 5.10 Å². The zero-order valence-corrected chi connectivity index (χ0v) is 13.1. The Hall–Kier alpha value is -1.70. The SMILES string of the molecule is Cc1ccccc1CN(C)S(=O)(=O)c1n[nH]c(C)c1CO. The van der Waals surface area contributed by atoms with Crippen LogP contribution in [0.15, 0.2) is 29.3 Å². The molecule has 1 aromatic heterocycles. The first-order valence-electron chi connectivity index (χ1n) is 6.53. The second-order valence-electron chi connectivity index (χ2n) is 4.98. The van der Waals surface area contributed by atoms with Crippen LogP contribution in [0.5, 0.6) is 0 Å². The Morgan fingerprint density at radius 3 is 2.57 bits per heavy atom. The lowest BCUT2D eigenvalue weighted by Gasteiger charge is -2.17. The highest BCUT2D eigenvalue weighted by molar-refractivity contribution is 7.89. The molecule has 2 aromatic rings. The van der Waals surface area contributed by atoms with E-state index in [-0.39, 0.29) is 18.2 Å². The maximum absolute atomic E-state index is 12.6. The number of sulfonamides is 1. The third-order valence-electron chi connectivity index (χ3n) is 3.50. The molecule has 0 aliphatic heterocycles. The molecule has 0 radical (unpaired) electrons. The van der Waals surface area contributed by atoms with E-state index in [1.54, 1.807) is 6.92 Å². The van der Waals surface area contributed by atoms with Crippen molar-refractivity contribution < 1.29 is 13.5 Å². The van der Waals surface area contributed by atoms with E-state index in [4.69, 9.17) is 0 Å². The number of rotatable bonds is 5. The largest absolute Gasteiger partial charge is 0.392 e. The highest BCUT2D eigenvalue weighted by Gasteiger charge is 2.28. The molecule has 1 aromatic carbocycles. The van der Waals surface area contributed by atoms with Crippen LogP contribution in [0.4, 0.5) is 0 Å².